The van der Waals surface area contributed by atoms with Crippen LogP contribution in [0.2, 0.25) is 10.0 Å². The van der Waals surface area contributed by atoms with Crippen LogP contribution in [0.1, 0.15) is 35.7 Å². The summed E-state index contributed by atoms with van der Waals surface area (Å²) >= 11 is 12.6. The highest BCUT2D eigenvalue weighted by Gasteiger charge is 2.27. The quantitative estimate of drug-likeness (QED) is 0.532. The molecule has 1 fully saturated rings. The number of piperidine rings is 1. The van der Waals surface area contributed by atoms with Gasteiger partial charge in [-0.1, -0.05) is 41.4 Å². The molecule has 170 valence electrons. The lowest BCUT2D eigenvalue weighted by Gasteiger charge is -2.28. The van der Waals surface area contributed by atoms with Crippen LogP contribution in [-0.2, 0) is 10.0 Å². The zero-order valence-electron chi connectivity index (χ0n) is 17.2. The summed E-state index contributed by atoms with van der Waals surface area (Å²) in [6.07, 6.45) is 1.81. The normalized spacial score (nSPS) is 15.7. The summed E-state index contributed by atoms with van der Waals surface area (Å²) in [6.45, 7) is 5.44. The zero-order chi connectivity index (χ0) is 21.9. The SMILES string of the molecule is Cc1ccccc1C(=O)Nc1cc(Cl)c(S(=O)(=O)NC(C)C2CCNCC2)cc1Cl.Cl. The van der Waals surface area contributed by atoms with Crippen molar-refractivity contribution in [2.45, 2.75) is 37.6 Å². The van der Waals surface area contributed by atoms with Crippen LogP contribution in [0, 0.1) is 12.8 Å². The van der Waals surface area contributed by atoms with Gasteiger partial charge in [0.25, 0.3) is 5.91 Å². The monoisotopic (exact) mass is 505 g/mol. The number of hydrogen-bond acceptors (Lipinski definition) is 4. The van der Waals surface area contributed by atoms with Crippen molar-refractivity contribution >= 4 is 57.2 Å². The van der Waals surface area contributed by atoms with Gasteiger partial charge in [0.15, 0.2) is 0 Å². The molecule has 3 N–H and O–H groups in total. The van der Waals surface area contributed by atoms with E-state index in [2.05, 4.69) is 15.4 Å². The molecule has 1 aliphatic heterocycles. The molecule has 2 aromatic rings. The Morgan fingerprint density at radius 3 is 2.42 bits per heavy atom. The number of hydrogen-bond donors (Lipinski definition) is 3. The summed E-state index contributed by atoms with van der Waals surface area (Å²) in [6, 6.07) is 9.54. The third-order valence-electron chi connectivity index (χ3n) is 5.38. The van der Waals surface area contributed by atoms with E-state index < -0.39 is 10.0 Å². The van der Waals surface area contributed by atoms with Gasteiger partial charge in [-0.25, -0.2) is 13.1 Å². The maximum Gasteiger partial charge on any atom is 0.255 e. The number of halogens is 3. The second kappa shape index (κ2) is 11.0. The van der Waals surface area contributed by atoms with E-state index in [4.69, 9.17) is 23.2 Å². The maximum atomic E-state index is 12.9. The van der Waals surface area contributed by atoms with Crippen LogP contribution in [0.4, 0.5) is 5.69 Å². The van der Waals surface area contributed by atoms with Crippen LogP contribution < -0.4 is 15.4 Å². The largest absolute Gasteiger partial charge is 0.321 e. The van der Waals surface area contributed by atoms with Gasteiger partial charge in [-0.2, -0.15) is 0 Å². The fraction of sp³-hybridized carbons (Fsp3) is 0.381. The van der Waals surface area contributed by atoms with Crippen molar-refractivity contribution in [2.24, 2.45) is 5.92 Å². The molecule has 1 amide bonds. The first-order chi connectivity index (χ1) is 14.2. The highest BCUT2D eigenvalue weighted by Crippen LogP contribution is 2.33. The summed E-state index contributed by atoms with van der Waals surface area (Å²) in [7, 11) is -3.87. The van der Waals surface area contributed by atoms with Gasteiger partial charge >= 0.3 is 0 Å². The minimum atomic E-state index is -3.87. The lowest BCUT2D eigenvalue weighted by Crippen LogP contribution is -2.42. The number of rotatable bonds is 6. The zero-order valence-corrected chi connectivity index (χ0v) is 20.4. The molecular formula is C21H26Cl3N3O3S. The van der Waals surface area contributed by atoms with Gasteiger partial charge in [0.1, 0.15) is 4.90 Å². The first-order valence-electron chi connectivity index (χ1n) is 9.78. The van der Waals surface area contributed by atoms with Crippen molar-refractivity contribution in [2.75, 3.05) is 18.4 Å². The van der Waals surface area contributed by atoms with E-state index in [-0.39, 0.29) is 50.9 Å². The summed E-state index contributed by atoms with van der Waals surface area (Å²) < 4.78 is 28.5. The molecule has 1 unspecified atom stereocenters. The second-order valence-electron chi connectivity index (χ2n) is 7.53. The van der Waals surface area contributed by atoms with Gasteiger partial charge in [0, 0.05) is 11.6 Å². The molecule has 31 heavy (non-hydrogen) atoms. The predicted molar refractivity (Wildman–Crippen MR) is 128 cm³/mol. The Bertz CT molecular complexity index is 1040. The molecule has 0 aliphatic carbocycles. The molecule has 0 saturated carbocycles. The number of nitrogens with one attached hydrogen (secondary N) is 3. The van der Waals surface area contributed by atoms with E-state index in [1.807, 2.05) is 26.0 Å². The average molecular weight is 507 g/mol. The maximum absolute atomic E-state index is 12.9. The van der Waals surface area contributed by atoms with E-state index >= 15 is 0 Å². The highest BCUT2D eigenvalue weighted by molar-refractivity contribution is 7.89. The Hall–Kier alpha value is -1.35. The van der Waals surface area contributed by atoms with Gasteiger partial charge in [0.05, 0.1) is 15.7 Å². The van der Waals surface area contributed by atoms with Crippen LogP contribution in [0.3, 0.4) is 0 Å². The fourth-order valence-electron chi connectivity index (χ4n) is 3.60. The van der Waals surface area contributed by atoms with E-state index in [0.717, 1.165) is 31.5 Å². The topological polar surface area (TPSA) is 87.3 Å². The molecule has 6 nitrogen and oxygen atoms in total. The lowest BCUT2D eigenvalue weighted by molar-refractivity contribution is 0.102. The highest BCUT2D eigenvalue weighted by atomic mass is 35.5. The van der Waals surface area contributed by atoms with Crippen molar-refractivity contribution < 1.29 is 13.2 Å². The summed E-state index contributed by atoms with van der Waals surface area (Å²) in [5.74, 6) is -0.0951. The molecule has 3 rings (SSSR count). The van der Waals surface area contributed by atoms with Crippen molar-refractivity contribution in [3.05, 3.63) is 57.6 Å². The fourth-order valence-corrected chi connectivity index (χ4v) is 5.74. The second-order valence-corrected chi connectivity index (χ2v) is 10.0. The Kier molecular flexibility index (Phi) is 9.18. The third kappa shape index (κ3) is 6.34. The lowest BCUT2D eigenvalue weighted by atomic mass is 9.92. The third-order valence-corrected chi connectivity index (χ3v) is 7.72. The Balaban J connectivity index is 0.00000341. The van der Waals surface area contributed by atoms with E-state index in [9.17, 15) is 13.2 Å². The Labute approximate surface area is 199 Å². The molecule has 1 heterocycles. The van der Waals surface area contributed by atoms with Gasteiger partial charge in [0.2, 0.25) is 10.0 Å². The molecule has 0 spiro atoms. The van der Waals surface area contributed by atoms with Crippen molar-refractivity contribution in [1.29, 1.82) is 0 Å². The number of carbonyl (C=O) groups is 1. The van der Waals surface area contributed by atoms with Crippen LogP contribution in [-0.4, -0.2) is 33.5 Å². The number of benzene rings is 2. The molecule has 2 aromatic carbocycles. The molecule has 10 heteroatoms. The van der Waals surface area contributed by atoms with Crippen molar-refractivity contribution in [1.82, 2.24) is 10.0 Å². The number of aryl methyl sites for hydroxylation is 1. The van der Waals surface area contributed by atoms with Crippen LogP contribution in [0.25, 0.3) is 0 Å². The van der Waals surface area contributed by atoms with Gasteiger partial charge in [-0.15, -0.1) is 12.4 Å². The first kappa shape index (κ1) is 25.9. The number of sulfonamides is 1. The molecule has 0 bridgehead atoms. The summed E-state index contributed by atoms with van der Waals surface area (Å²) in [5, 5.41) is 6.05. The average Bonchev–Trinajstić information content (AvgIpc) is 2.71. The predicted octanol–water partition coefficient (Wildman–Crippen LogP) is 4.64. The number of carbonyl (C=O) groups excluding carboxylic acids is 1. The van der Waals surface area contributed by atoms with Crippen molar-refractivity contribution in [3.63, 3.8) is 0 Å². The first-order valence-corrected chi connectivity index (χ1v) is 12.0. The molecule has 1 atom stereocenters. The molecule has 1 saturated heterocycles. The van der Waals surface area contributed by atoms with Gasteiger partial charge in [-0.3, -0.25) is 4.79 Å². The minimum absolute atomic E-state index is 0. The van der Waals surface area contributed by atoms with Crippen molar-refractivity contribution in [3.8, 4) is 0 Å². The summed E-state index contributed by atoms with van der Waals surface area (Å²) in [4.78, 5) is 12.4. The Morgan fingerprint density at radius 2 is 1.77 bits per heavy atom. The number of amides is 1. The van der Waals surface area contributed by atoms with E-state index in [1.165, 1.54) is 12.1 Å². The molecule has 0 aromatic heterocycles. The standard InChI is InChI=1S/C21H25Cl2N3O3S.ClH/c1-13-5-3-4-6-16(13)21(27)25-19-11-18(23)20(12-17(19)22)30(28,29)26-14(2)15-7-9-24-10-8-15;/h3-6,11-12,14-15,24,26H,7-10H2,1-2H3,(H,25,27);1H. The molecular weight excluding hydrogens is 481 g/mol. The molecule has 0 radical (unpaired) electrons. The van der Waals surface area contributed by atoms with Crippen LogP contribution >= 0.6 is 35.6 Å². The summed E-state index contributed by atoms with van der Waals surface area (Å²) in [5.41, 5.74) is 1.56. The van der Waals surface area contributed by atoms with E-state index in [1.54, 1.807) is 12.1 Å². The van der Waals surface area contributed by atoms with E-state index in [0.29, 0.717) is 5.56 Å². The Morgan fingerprint density at radius 1 is 1.13 bits per heavy atom. The van der Waals surface area contributed by atoms with Gasteiger partial charge < -0.3 is 10.6 Å². The minimum Gasteiger partial charge on any atom is -0.321 e. The van der Waals surface area contributed by atoms with Gasteiger partial charge in [-0.05, 0) is 69.5 Å². The van der Waals surface area contributed by atoms with Crippen LogP contribution in [0.5, 0.6) is 0 Å². The smallest absolute Gasteiger partial charge is 0.255 e. The van der Waals surface area contributed by atoms with Crippen LogP contribution in [0.15, 0.2) is 41.3 Å². The molecule has 1 aliphatic rings. The number of anilines is 1.